The fourth-order valence-electron chi connectivity index (χ4n) is 3.37. The Labute approximate surface area is 167 Å². The summed E-state index contributed by atoms with van der Waals surface area (Å²) in [5.74, 6) is 0.0851. The van der Waals surface area contributed by atoms with Crippen LogP contribution in [0.5, 0.6) is 0 Å². The smallest absolute Gasteiger partial charge is 0.238 e. The maximum absolute atomic E-state index is 12.3. The highest BCUT2D eigenvalue weighted by molar-refractivity contribution is 7.18. The predicted octanol–water partition coefficient (Wildman–Crippen LogP) is 3.49. The summed E-state index contributed by atoms with van der Waals surface area (Å²) in [5.41, 5.74) is 2.61. The molecule has 1 saturated heterocycles. The van der Waals surface area contributed by atoms with Gasteiger partial charge in [-0.25, -0.2) is 4.98 Å². The van der Waals surface area contributed by atoms with Crippen molar-refractivity contribution in [3.05, 3.63) is 53.5 Å². The van der Waals surface area contributed by atoms with Gasteiger partial charge in [0.2, 0.25) is 11.8 Å². The molecular formula is C21H22N4O2S. The summed E-state index contributed by atoms with van der Waals surface area (Å²) in [6.45, 7) is 1.67. The number of anilines is 2. The van der Waals surface area contributed by atoms with Gasteiger partial charge in [-0.05, 0) is 49.9 Å². The molecule has 144 valence electrons. The number of fused-ring (bicyclic) bond motifs is 1. The van der Waals surface area contributed by atoms with Gasteiger partial charge in [0.1, 0.15) is 5.01 Å². The third-order valence-electron chi connectivity index (χ3n) is 4.69. The van der Waals surface area contributed by atoms with E-state index in [9.17, 15) is 9.59 Å². The van der Waals surface area contributed by atoms with E-state index >= 15 is 0 Å². The molecular weight excluding hydrogens is 372 g/mol. The summed E-state index contributed by atoms with van der Waals surface area (Å²) >= 11 is 1.65. The molecule has 3 aromatic rings. The van der Waals surface area contributed by atoms with Crippen LogP contribution in [0.4, 0.5) is 11.4 Å². The molecule has 0 saturated carbocycles. The number of nitrogens with one attached hydrogen (secondary N) is 1. The summed E-state index contributed by atoms with van der Waals surface area (Å²) in [6, 6.07) is 15.5. The monoisotopic (exact) mass is 394 g/mol. The van der Waals surface area contributed by atoms with Crippen LogP contribution in [0.3, 0.4) is 0 Å². The summed E-state index contributed by atoms with van der Waals surface area (Å²) in [4.78, 5) is 32.5. The molecule has 1 aromatic heterocycles. The highest BCUT2D eigenvalue weighted by Gasteiger charge is 2.21. The Morgan fingerprint density at radius 1 is 1.21 bits per heavy atom. The van der Waals surface area contributed by atoms with Crippen LogP contribution in [0.2, 0.25) is 0 Å². The summed E-state index contributed by atoms with van der Waals surface area (Å²) in [7, 11) is 1.91. The van der Waals surface area contributed by atoms with E-state index in [0.717, 1.165) is 39.6 Å². The number of amides is 2. The minimum atomic E-state index is -0.0754. The Bertz CT molecular complexity index is 966. The molecule has 1 N–H and O–H groups in total. The van der Waals surface area contributed by atoms with E-state index < -0.39 is 0 Å². The predicted molar refractivity (Wildman–Crippen MR) is 113 cm³/mol. The first kappa shape index (κ1) is 18.6. The number of carbonyl (C=O) groups excluding carboxylic acids is 2. The first-order chi connectivity index (χ1) is 13.6. The van der Waals surface area contributed by atoms with Crippen molar-refractivity contribution in [2.45, 2.75) is 19.4 Å². The fourth-order valence-corrected chi connectivity index (χ4v) is 4.41. The van der Waals surface area contributed by atoms with Crippen molar-refractivity contribution in [2.75, 3.05) is 30.4 Å². The number of likely N-dealkylation sites (N-methyl/N-ethyl adjacent to an activating group) is 1. The molecule has 0 radical (unpaired) electrons. The number of rotatable bonds is 6. The van der Waals surface area contributed by atoms with Crippen LogP contribution in [-0.2, 0) is 16.1 Å². The lowest BCUT2D eigenvalue weighted by Gasteiger charge is -2.17. The molecule has 0 bridgehead atoms. The van der Waals surface area contributed by atoms with Crippen LogP contribution >= 0.6 is 11.3 Å². The Hall–Kier alpha value is -2.77. The molecule has 0 aliphatic carbocycles. The number of hydrogen-bond donors (Lipinski definition) is 1. The highest BCUT2D eigenvalue weighted by atomic mass is 32.1. The summed E-state index contributed by atoms with van der Waals surface area (Å²) < 4.78 is 1.16. The first-order valence-electron chi connectivity index (χ1n) is 9.32. The van der Waals surface area contributed by atoms with Gasteiger partial charge in [-0.2, -0.15) is 0 Å². The number of thiazole rings is 1. The van der Waals surface area contributed by atoms with Gasteiger partial charge >= 0.3 is 0 Å². The fraction of sp³-hybridized carbons (Fsp3) is 0.286. The van der Waals surface area contributed by atoms with Crippen molar-refractivity contribution in [3.63, 3.8) is 0 Å². The zero-order valence-electron chi connectivity index (χ0n) is 15.7. The lowest BCUT2D eigenvalue weighted by molar-refractivity contribution is -0.117. The first-order valence-corrected chi connectivity index (χ1v) is 10.1. The standard InChI is InChI=1S/C21H22N4O2S/c1-24(14-20-23-17-5-2-3-6-18(17)28-20)13-19(26)22-15-8-10-16(11-9-15)25-12-4-7-21(25)27/h2-3,5-6,8-11H,4,7,12-14H2,1H3,(H,22,26). The normalized spacial score (nSPS) is 14.2. The van der Waals surface area contributed by atoms with Crippen molar-refractivity contribution in [1.29, 1.82) is 0 Å². The SMILES string of the molecule is CN(CC(=O)Nc1ccc(N2CCCC2=O)cc1)Cc1nc2ccccc2s1. The molecule has 6 nitrogen and oxygen atoms in total. The zero-order valence-corrected chi connectivity index (χ0v) is 16.5. The maximum atomic E-state index is 12.3. The van der Waals surface area contributed by atoms with E-state index in [2.05, 4.69) is 16.4 Å². The van der Waals surface area contributed by atoms with Crippen molar-refractivity contribution in [3.8, 4) is 0 Å². The van der Waals surface area contributed by atoms with E-state index in [1.165, 1.54) is 0 Å². The Morgan fingerprint density at radius 2 is 2.00 bits per heavy atom. The second kappa shape index (κ2) is 8.08. The van der Waals surface area contributed by atoms with Crippen LogP contribution in [0.1, 0.15) is 17.8 Å². The molecule has 0 unspecified atom stereocenters. The average molecular weight is 395 g/mol. The van der Waals surface area contributed by atoms with Gasteiger partial charge in [-0.15, -0.1) is 11.3 Å². The van der Waals surface area contributed by atoms with Gasteiger partial charge in [0.05, 0.1) is 23.3 Å². The topological polar surface area (TPSA) is 65.5 Å². The minimum Gasteiger partial charge on any atom is -0.325 e. The number of aromatic nitrogens is 1. The van der Waals surface area contributed by atoms with Gasteiger partial charge < -0.3 is 10.2 Å². The number of nitrogens with zero attached hydrogens (tertiary/aromatic N) is 3. The molecule has 1 aliphatic rings. The Balaban J connectivity index is 1.31. The molecule has 0 atom stereocenters. The van der Waals surface area contributed by atoms with E-state index in [-0.39, 0.29) is 18.4 Å². The van der Waals surface area contributed by atoms with Crippen molar-refractivity contribution in [2.24, 2.45) is 0 Å². The van der Waals surface area contributed by atoms with Crippen LogP contribution in [-0.4, -0.2) is 41.8 Å². The molecule has 4 rings (SSSR count). The maximum Gasteiger partial charge on any atom is 0.238 e. The lowest BCUT2D eigenvalue weighted by atomic mass is 10.2. The van der Waals surface area contributed by atoms with Crippen LogP contribution in [0.15, 0.2) is 48.5 Å². The van der Waals surface area contributed by atoms with Crippen LogP contribution < -0.4 is 10.2 Å². The van der Waals surface area contributed by atoms with Crippen molar-refractivity contribution >= 4 is 44.7 Å². The van der Waals surface area contributed by atoms with Gasteiger partial charge in [0.25, 0.3) is 0 Å². The summed E-state index contributed by atoms with van der Waals surface area (Å²) in [5, 5.41) is 3.91. The van der Waals surface area contributed by atoms with Gasteiger partial charge in [0.15, 0.2) is 0 Å². The molecule has 7 heteroatoms. The lowest BCUT2D eigenvalue weighted by Crippen LogP contribution is -2.29. The van der Waals surface area contributed by atoms with Crippen molar-refractivity contribution in [1.82, 2.24) is 9.88 Å². The number of hydrogen-bond acceptors (Lipinski definition) is 5. The van der Waals surface area contributed by atoms with Gasteiger partial charge in [0, 0.05) is 24.3 Å². The molecule has 28 heavy (non-hydrogen) atoms. The summed E-state index contributed by atoms with van der Waals surface area (Å²) in [6.07, 6.45) is 1.51. The second-order valence-electron chi connectivity index (χ2n) is 6.99. The Kier molecular flexibility index (Phi) is 5.36. The molecule has 1 aliphatic heterocycles. The van der Waals surface area contributed by atoms with E-state index in [0.29, 0.717) is 13.0 Å². The van der Waals surface area contributed by atoms with Crippen molar-refractivity contribution < 1.29 is 9.59 Å². The third-order valence-corrected chi connectivity index (χ3v) is 5.71. The number of benzene rings is 2. The quantitative estimate of drug-likeness (QED) is 0.695. The van der Waals surface area contributed by atoms with Crippen LogP contribution in [0, 0.1) is 0 Å². The minimum absolute atomic E-state index is 0.0754. The second-order valence-corrected chi connectivity index (χ2v) is 8.11. The zero-order chi connectivity index (χ0) is 19.5. The molecule has 1 fully saturated rings. The Morgan fingerprint density at radius 3 is 2.71 bits per heavy atom. The molecule has 2 heterocycles. The van der Waals surface area contributed by atoms with Gasteiger partial charge in [-0.1, -0.05) is 12.1 Å². The third kappa shape index (κ3) is 4.21. The highest BCUT2D eigenvalue weighted by Crippen LogP contribution is 2.24. The van der Waals surface area contributed by atoms with E-state index in [1.54, 1.807) is 16.2 Å². The largest absolute Gasteiger partial charge is 0.325 e. The molecule has 2 amide bonds. The van der Waals surface area contributed by atoms with Crippen LogP contribution in [0.25, 0.3) is 10.2 Å². The number of para-hydroxylation sites is 1. The van der Waals surface area contributed by atoms with Gasteiger partial charge in [-0.3, -0.25) is 14.5 Å². The number of carbonyl (C=O) groups is 2. The van der Waals surface area contributed by atoms with E-state index in [4.69, 9.17) is 0 Å². The van der Waals surface area contributed by atoms with E-state index in [1.807, 2.05) is 54.4 Å². The average Bonchev–Trinajstić information content (AvgIpc) is 3.27. The molecule has 2 aromatic carbocycles. The molecule has 0 spiro atoms.